The highest BCUT2D eigenvalue weighted by molar-refractivity contribution is 6.36. The number of benzene rings is 3. The lowest BCUT2D eigenvalue weighted by atomic mass is 9.95. The van der Waals surface area contributed by atoms with Crippen LogP contribution in [0.4, 0.5) is 11.4 Å². The molecule has 5 nitrogen and oxygen atoms in total. The average Bonchev–Trinajstić information content (AvgIpc) is 2.88. The highest BCUT2D eigenvalue weighted by Gasteiger charge is 2.34. The van der Waals surface area contributed by atoms with Crippen molar-refractivity contribution < 1.29 is 15.0 Å². The number of aliphatic hydroxyl groups excluding tert-OH is 1. The molecule has 0 fully saturated rings. The summed E-state index contributed by atoms with van der Waals surface area (Å²) in [4.78, 5) is 17.8. The standard InChI is InChI=1S/C24H18N2O3/c27-15-11-9-14(10-12-15)20-13-21(26-19-8-4-3-7-18(19)25-20)22-23(28)16-5-1-2-6-17(16)24(22)29/h1-12,20,25,27-28H,13H2/t20-/m0/s1. The molecule has 0 spiro atoms. The summed E-state index contributed by atoms with van der Waals surface area (Å²) in [6.07, 6.45) is 0.415. The van der Waals surface area contributed by atoms with Gasteiger partial charge in [-0.1, -0.05) is 48.5 Å². The Balaban J connectivity index is 1.64. The van der Waals surface area contributed by atoms with Crippen molar-refractivity contribution in [1.29, 1.82) is 0 Å². The molecule has 3 N–H and O–H groups in total. The Morgan fingerprint density at radius 1 is 0.862 bits per heavy atom. The van der Waals surface area contributed by atoms with Crippen LogP contribution in [0.5, 0.6) is 5.75 Å². The van der Waals surface area contributed by atoms with Gasteiger partial charge in [0.2, 0.25) is 0 Å². The zero-order chi connectivity index (χ0) is 20.0. The Morgan fingerprint density at radius 3 is 2.31 bits per heavy atom. The number of carbonyl (C=O) groups excluding carboxylic acids is 1. The van der Waals surface area contributed by atoms with Gasteiger partial charge in [-0.2, -0.15) is 0 Å². The maximum Gasteiger partial charge on any atom is 0.199 e. The van der Waals surface area contributed by atoms with Crippen molar-refractivity contribution in [3.63, 3.8) is 0 Å². The maximum atomic E-state index is 13.1. The molecule has 0 saturated carbocycles. The third kappa shape index (κ3) is 2.88. The van der Waals surface area contributed by atoms with Crippen molar-refractivity contribution >= 4 is 28.6 Å². The van der Waals surface area contributed by atoms with Gasteiger partial charge in [-0.25, -0.2) is 0 Å². The minimum Gasteiger partial charge on any atom is -0.508 e. The van der Waals surface area contributed by atoms with Crippen molar-refractivity contribution in [2.75, 3.05) is 5.32 Å². The van der Waals surface area contributed by atoms with Crippen molar-refractivity contribution in [3.8, 4) is 5.75 Å². The summed E-state index contributed by atoms with van der Waals surface area (Å²) < 4.78 is 0. The van der Waals surface area contributed by atoms with Crippen LogP contribution in [-0.4, -0.2) is 21.7 Å². The number of para-hydroxylation sites is 2. The lowest BCUT2D eigenvalue weighted by Gasteiger charge is -2.19. The lowest BCUT2D eigenvalue weighted by molar-refractivity contribution is 0.104. The fraction of sp³-hybridized carbons (Fsp3) is 0.0833. The summed E-state index contributed by atoms with van der Waals surface area (Å²) in [6, 6.07) is 21.5. The molecule has 2 aliphatic rings. The number of carbonyl (C=O) groups is 1. The molecule has 0 unspecified atom stereocenters. The van der Waals surface area contributed by atoms with E-state index in [1.54, 1.807) is 36.4 Å². The third-order valence-electron chi connectivity index (χ3n) is 5.36. The Hall–Kier alpha value is -3.86. The number of aromatic hydroxyl groups is 1. The molecule has 0 saturated heterocycles. The molecule has 0 radical (unpaired) electrons. The summed E-state index contributed by atoms with van der Waals surface area (Å²) in [6.45, 7) is 0. The zero-order valence-corrected chi connectivity index (χ0v) is 15.5. The first-order valence-electron chi connectivity index (χ1n) is 9.41. The van der Waals surface area contributed by atoms with Crippen molar-refractivity contribution in [3.05, 3.63) is 95.1 Å². The van der Waals surface area contributed by atoms with Gasteiger partial charge < -0.3 is 15.5 Å². The highest BCUT2D eigenvalue weighted by Crippen LogP contribution is 2.39. The Labute approximate surface area is 167 Å². The highest BCUT2D eigenvalue weighted by atomic mass is 16.3. The number of aliphatic imine (C=N–C) groups is 1. The Morgan fingerprint density at radius 2 is 1.55 bits per heavy atom. The predicted octanol–water partition coefficient (Wildman–Crippen LogP) is 5.19. The maximum absolute atomic E-state index is 13.1. The number of rotatable bonds is 2. The molecule has 142 valence electrons. The van der Waals surface area contributed by atoms with Gasteiger partial charge in [0.05, 0.1) is 28.7 Å². The van der Waals surface area contributed by atoms with Crippen LogP contribution in [0.3, 0.4) is 0 Å². The molecular formula is C24H18N2O3. The van der Waals surface area contributed by atoms with Crippen LogP contribution in [0.15, 0.2) is 83.4 Å². The Kier molecular flexibility index (Phi) is 3.95. The van der Waals surface area contributed by atoms with E-state index in [-0.39, 0.29) is 28.9 Å². The first kappa shape index (κ1) is 17.3. The van der Waals surface area contributed by atoms with Crippen molar-refractivity contribution in [2.24, 2.45) is 4.99 Å². The molecule has 29 heavy (non-hydrogen) atoms. The molecule has 0 amide bonds. The number of fused-ring (bicyclic) bond motifs is 2. The monoisotopic (exact) mass is 382 g/mol. The third-order valence-corrected chi connectivity index (χ3v) is 5.36. The molecule has 3 aromatic carbocycles. The van der Waals surface area contributed by atoms with Crippen LogP contribution in [0.2, 0.25) is 0 Å². The van der Waals surface area contributed by atoms with E-state index in [2.05, 4.69) is 5.32 Å². The average molecular weight is 382 g/mol. The number of nitrogens with one attached hydrogen (secondary N) is 1. The second-order valence-corrected chi connectivity index (χ2v) is 7.17. The van der Waals surface area contributed by atoms with Crippen LogP contribution in [0, 0.1) is 0 Å². The number of phenolic OH excluding ortho intramolecular Hbond substituents is 1. The molecular weight excluding hydrogens is 364 g/mol. The second-order valence-electron chi connectivity index (χ2n) is 7.17. The van der Waals surface area contributed by atoms with E-state index in [0.717, 1.165) is 11.3 Å². The van der Waals surface area contributed by atoms with Crippen molar-refractivity contribution in [2.45, 2.75) is 12.5 Å². The lowest BCUT2D eigenvalue weighted by Crippen LogP contribution is -2.17. The van der Waals surface area contributed by atoms with E-state index >= 15 is 0 Å². The van der Waals surface area contributed by atoms with Gasteiger partial charge in [-0.15, -0.1) is 0 Å². The van der Waals surface area contributed by atoms with Crippen LogP contribution in [0.25, 0.3) is 5.76 Å². The van der Waals surface area contributed by atoms with Gasteiger partial charge in [0, 0.05) is 17.5 Å². The van der Waals surface area contributed by atoms with Crippen LogP contribution in [0.1, 0.15) is 33.9 Å². The summed E-state index contributed by atoms with van der Waals surface area (Å²) in [5, 5.41) is 23.9. The summed E-state index contributed by atoms with van der Waals surface area (Å²) in [5.41, 5.74) is 4.36. The van der Waals surface area contributed by atoms with E-state index in [0.29, 0.717) is 28.9 Å². The van der Waals surface area contributed by atoms with Gasteiger partial charge in [-0.05, 0) is 29.8 Å². The smallest absolute Gasteiger partial charge is 0.199 e. The van der Waals surface area contributed by atoms with E-state index in [9.17, 15) is 15.0 Å². The SMILES string of the molecule is O=C1C(C2=Nc3ccccc3N[C@H](c3ccc(O)cc3)C2)=C(O)c2ccccc21. The fourth-order valence-electron chi connectivity index (χ4n) is 3.91. The van der Waals surface area contributed by atoms with Crippen molar-refractivity contribution in [1.82, 2.24) is 0 Å². The van der Waals surface area contributed by atoms with E-state index in [1.807, 2.05) is 36.4 Å². The topological polar surface area (TPSA) is 81.9 Å². The second kappa shape index (κ2) is 6.63. The number of aliphatic hydroxyl groups is 1. The number of allylic oxidation sites excluding steroid dienone is 1. The number of nitrogens with zero attached hydrogens (tertiary/aromatic N) is 1. The van der Waals surface area contributed by atoms with E-state index in [1.165, 1.54) is 0 Å². The summed E-state index contributed by atoms with van der Waals surface area (Å²) >= 11 is 0. The molecule has 5 rings (SSSR count). The number of Topliss-reactive ketones (excluding diaryl/α,β-unsaturated/α-hetero) is 1. The largest absolute Gasteiger partial charge is 0.508 e. The fourth-order valence-corrected chi connectivity index (χ4v) is 3.91. The quantitative estimate of drug-likeness (QED) is 0.570. The molecule has 5 heteroatoms. The van der Waals surface area contributed by atoms with Gasteiger partial charge in [0.15, 0.2) is 5.78 Å². The van der Waals surface area contributed by atoms with Gasteiger partial charge in [0.1, 0.15) is 11.5 Å². The number of hydrogen-bond donors (Lipinski definition) is 3. The number of hydrogen-bond acceptors (Lipinski definition) is 5. The van der Waals surface area contributed by atoms with Gasteiger partial charge in [0.25, 0.3) is 0 Å². The predicted molar refractivity (Wildman–Crippen MR) is 113 cm³/mol. The summed E-state index contributed by atoms with van der Waals surface area (Å²) in [7, 11) is 0. The minimum atomic E-state index is -0.208. The molecule has 1 aliphatic carbocycles. The van der Waals surface area contributed by atoms with E-state index in [4.69, 9.17) is 4.99 Å². The molecule has 1 aliphatic heterocycles. The number of phenols is 1. The van der Waals surface area contributed by atoms with Crippen LogP contribution >= 0.6 is 0 Å². The van der Waals surface area contributed by atoms with Gasteiger partial charge in [-0.3, -0.25) is 9.79 Å². The normalized spacial score (nSPS) is 17.9. The summed E-state index contributed by atoms with van der Waals surface area (Å²) in [5.74, 6) is -0.0349. The molecule has 0 bridgehead atoms. The first-order chi connectivity index (χ1) is 14.1. The van der Waals surface area contributed by atoms with Gasteiger partial charge >= 0.3 is 0 Å². The van der Waals surface area contributed by atoms with Crippen LogP contribution < -0.4 is 5.32 Å². The molecule has 3 aromatic rings. The molecule has 1 heterocycles. The van der Waals surface area contributed by atoms with E-state index < -0.39 is 0 Å². The molecule has 0 aromatic heterocycles. The van der Waals surface area contributed by atoms with Crippen LogP contribution in [-0.2, 0) is 0 Å². The zero-order valence-electron chi connectivity index (χ0n) is 15.5. The number of ketones is 1. The molecule has 1 atom stereocenters. The Bertz CT molecular complexity index is 1190. The minimum absolute atomic E-state index is 0.0202. The first-order valence-corrected chi connectivity index (χ1v) is 9.41. The number of anilines is 1.